The molecule has 2 N–H and O–H groups in total. The highest BCUT2D eigenvalue weighted by Crippen LogP contribution is 2.27. The lowest BCUT2D eigenvalue weighted by Gasteiger charge is -2.27. The van der Waals surface area contributed by atoms with E-state index in [-0.39, 0.29) is 12.3 Å². The summed E-state index contributed by atoms with van der Waals surface area (Å²) in [6.45, 7) is 5.13. The van der Waals surface area contributed by atoms with Gasteiger partial charge in [-0.3, -0.25) is 9.59 Å². The maximum Gasteiger partial charge on any atom is 0.303 e. The van der Waals surface area contributed by atoms with Gasteiger partial charge in [-0.25, -0.2) is 0 Å². The minimum absolute atomic E-state index is 0.0185. The molecule has 1 unspecified atom stereocenters. The van der Waals surface area contributed by atoms with Crippen LogP contribution in [0.4, 0.5) is 0 Å². The predicted molar refractivity (Wildman–Crippen MR) is 85.6 cm³/mol. The van der Waals surface area contributed by atoms with Crippen LogP contribution in [0.2, 0.25) is 10.0 Å². The van der Waals surface area contributed by atoms with Crippen molar-refractivity contribution in [3.63, 3.8) is 0 Å². The van der Waals surface area contributed by atoms with E-state index in [1.165, 1.54) is 6.07 Å². The fourth-order valence-electron chi connectivity index (χ4n) is 1.72. The van der Waals surface area contributed by atoms with Crippen LogP contribution in [0, 0.1) is 0 Å². The lowest BCUT2D eigenvalue weighted by molar-refractivity contribution is -0.138. The first kappa shape index (κ1) is 18.6. The first-order chi connectivity index (χ1) is 10.1. The van der Waals surface area contributed by atoms with Crippen LogP contribution in [-0.4, -0.2) is 28.6 Å². The zero-order valence-corrected chi connectivity index (χ0v) is 14.2. The van der Waals surface area contributed by atoms with Gasteiger partial charge >= 0.3 is 5.97 Å². The van der Waals surface area contributed by atoms with Crippen molar-refractivity contribution in [3.05, 3.63) is 28.2 Å². The number of carboxylic acids is 1. The molecule has 122 valence electrons. The zero-order valence-electron chi connectivity index (χ0n) is 12.7. The summed E-state index contributed by atoms with van der Waals surface area (Å²) < 4.78 is 5.51. The van der Waals surface area contributed by atoms with Gasteiger partial charge in [0.1, 0.15) is 5.75 Å². The summed E-state index contributed by atoms with van der Waals surface area (Å²) in [5, 5.41) is 12.2. The number of nitrogens with one attached hydrogen (secondary N) is 1. The number of aliphatic carboxylic acids is 1. The summed E-state index contributed by atoms with van der Waals surface area (Å²) >= 11 is 11.7. The number of halogens is 2. The van der Waals surface area contributed by atoms with Crippen LogP contribution in [0.1, 0.15) is 33.6 Å². The van der Waals surface area contributed by atoms with Crippen LogP contribution in [0.3, 0.4) is 0 Å². The number of amides is 1. The molecule has 0 saturated heterocycles. The third kappa shape index (κ3) is 6.12. The largest absolute Gasteiger partial charge is 0.481 e. The highest BCUT2D eigenvalue weighted by atomic mass is 35.5. The van der Waals surface area contributed by atoms with E-state index in [4.69, 9.17) is 33.0 Å². The van der Waals surface area contributed by atoms with Crippen LogP contribution in [0.15, 0.2) is 18.2 Å². The fourth-order valence-corrected chi connectivity index (χ4v) is 2.01. The highest BCUT2D eigenvalue weighted by Gasteiger charge is 2.25. The molecule has 1 aromatic carbocycles. The number of carboxylic acid groups (broad SMARTS) is 1. The number of hydrogen-bond acceptors (Lipinski definition) is 3. The van der Waals surface area contributed by atoms with E-state index in [1.807, 2.05) is 0 Å². The normalized spacial score (nSPS) is 12.6. The average Bonchev–Trinajstić information content (AvgIpc) is 2.40. The lowest BCUT2D eigenvalue weighted by atomic mass is 9.98. The monoisotopic (exact) mass is 347 g/mol. The Morgan fingerprint density at radius 1 is 1.32 bits per heavy atom. The number of benzene rings is 1. The summed E-state index contributed by atoms with van der Waals surface area (Å²) in [7, 11) is 0. The van der Waals surface area contributed by atoms with E-state index in [0.717, 1.165) is 0 Å². The molecule has 0 heterocycles. The molecular formula is C15H19Cl2NO4. The molecule has 0 radical (unpaired) electrons. The second kappa shape index (κ2) is 7.70. The topological polar surface area (TPSA) is 75.6 Å². The van der Waals surface area contributed by atoms with E-state index in [9.17, 15) is 9.59 Å². The maximum atomic E-state index is 12.1. The van der Waals surface area contributed by atoms with Crippen LogP contribution in [0.5, 0.6) is 5.75 Å². The Hall–Kier alpha value is -1.46. The molecule has 1 amide bonds. The van der Waals surface area contributed by atoms with Gasteiger partial charge < -0.3 is 15.2 Å². The lowest BCUT2D eigenvalue weighted by Crippen LogP contribution is -2.48. The number of ether oxygens (including phenoxy) is 1. The molecule has 0 aliphatic rings. The van der Waals surface area contributed by atoms with Crippen molar-refractivity contribution in [1.82, 2.24) is 5.32 Å². The van der Waals surface area contributed by atoms with Crippen molar-refractivity contribution in [3.8, 4) is 5.75 Å². The molecule has 1 atom stereocenters. The molecule has 22 heavy (non-hydrogen) atoms. The summed E-state index contributed by atoms with van der Waals surface area (Å²) in [6, 6.07) is 4.73. The molecule has 1 rings (SSSR count). The van der Waals surface area contributed by atoms with Crippen molar-refractivity contribution < 1.29 is 19.4 Å². The number of carbonyl (C=O) groups is 2. The Morgan fingerprint density at radius 2 is 1.95 bits per heavy atom. The Balaban J connectivity index is 2.60. The van der Waals surface area contributed by atoms with Gasteiger partial charge in [-0.15, -0.1) is 0 Å². The standard InChI is InChI=1S/C15H19Cl2NO4/c1-9(22-10-4-5-11(16)12(17)8-10)14(21)18-15(2,3)7-6-13(19)20/h4-5,8-9H,6-7H2,1-3H3,(H,18,21)(H,19,20). The molecule has 0 saturated carbocycles. The van der Waals surface area contributed by atoms with E-state index >= 15 is 0 Å². The predicted octanol–water partition coefficient (Wildman–Crippen LogP) is 3.52. The zero-order chi connectivity index (χ0) is 16.9. The van der Waals surface area contributed by atoms with Gasteiger partial charge in [0.05, 0.1) is 10.0 Å². The third-order valence-electron chi connectivity index (χ3n) is 3.00. The Bertz CT molecular complexity index is 560. The molecule has 0 fully saturated rings. The van der Waals surface area contributed by atoms with Crippen molar-refractivity contribution in [2.45, 2.75) is 45.3 Å². The van der Waals surface area contributed by atoms with Crippen molar-refractivity contribution >= 4 is 35.1 Å². The summed E-state index contributed by atoms with van der Waals surface area (Å²) in [5.41, 5.74) is -0.634. The number of carbonyl (C=O) groups excluding carboxylic acids is 1. The second-order valence-electron chi connectivity index (χ2n) is 5.60. The van der Waals surface area contributed by atoms with E-state index in [2.05, 4.69) is 5.32 Å². The molecule has 0 aromatic heterocycles. The van der Waals surface area contributed by atoms with Crippen molar-refractivity contribution in [2.24, 2.45) is 0 Å². The highest BCUT2D eigenvalue weighted by molar-refractivity contribution is 6.42. The Labute approximate surface area is 139 Å². The molecule has 0 spiro atoms. The average molecular weight is 348 g/mol. The molecule has 0 aliphatic heterocycles. The van der Waals surface area contributed by atoms with Gasteiger partial charge in [-0.05, 0) is 39.3 Å². The van der Waals surface area contributed by atoms with Crippen LogP contribution >= 0.6 is 23.2 Å². The van der Waals surface area contributed by atoms with E-state index < -0.39 is 17.6 Å². The Morgan fingerprint density at radius 3 is 2.50 bits per heavy atom. The summed E-state index contributed by atoms with van der Waals surface area (Å²) in [6.07, 6.45) is -0.440. The quantitative estimate of drug-likeness (QED) is 0.791. The third-order valence-corrected chi connectivity index (χ3v) is 3.74. The van der Waals surface area contributed by atoms with E-state index in [0.29, 0.717) is 22.2 Å². The first-order valence-corrected chi connectivity index (χ1v) is 7.52. The maximum absolute atomic E-state index is 12.1. The minimum Gasteiger partial charge on any atom is -0.481 e. The van der Waals surface area contributed by atoms with E-state index in [1.54, 1.807) is 32.9 Å². The summed E-state index contributed by atoms with van der Waals surface area (Å²) in [4.78, 5) is 22.7. The first-order valence-electron chi connectivity index (χ1n) is 6.76. The van der Waals surface area contributed by atoms with Gasteiger partial charge in [0, 0.05) is 18.0 Å². The van der Waals surface area contributed by atoms with Gasteiger partial charge in [-0.2, -0.15) is 0 Å². The van der Waals surface area contributed by atoms with Gasteiger partial charge in [0.2, 0.25) is 0 Å². The van der Waals surface area contributed by atoms with Crippen LogP contribution in [-0.2, 0) is 9.59 Å². The molecule has 0 aliphatic carbocycles. The van der Waals surface area contributed by atoms with Crippen molar-refractivity contribution in [2.75, 3.05) is 0 Å². The van der Waals surface area contributed by atoms with Crippen LogP contribution in [0.25, 0.3) is 0 Å². The van der Waals surface area contributed by atoms with Crippen molar-refractivity contribution in [1.29, 1.82) is 0 Å². The fraction of sp³-hybridized carbons (Fsp3) is 0.467. The molecule has 0 bridgehead atoms. The SMILES string of the molecule is CC(Oc1ccc(Cl)c(Cl)c1)C(=O)NC(C)(C)CCC(=O)O. The smallest absolute Gasteiger partial charge is 0.303 e. The minimum atomic E-state index is -0.901. The van der Waals surface area contributed by atoms with Gasteiger partial charge in [0.25, 0.3) is 5.91 Å². The number of rotatable bonds is 7. The molecule has 5 nitrogen and oxygen atoms in total. The van der Waals surface area contributed by atoms with Gasteiger partial charge in [0.15, 0.2) is 6.10 Å². The molecular weight excluding hydrogens is 329 g/mol. The van der Waals surface area contributed by atoms with Crippen LogP contribution < -0.4 is 10.1 Å². The number of hydrogen-bond donors (Lipinski definition) is 2. The Kier molecular flexibility index (Phi) is 6.50. The molecule has 1 aromatic rings. The summed E-state index contributed by atoms with van der Waals surface area (Å²) in [5.74, 6) is -0.802. The molecule has 7 heteroatoms. The van der Waals surface area contributed by atoms with Gasteiger partial charge in [-0.1, -0.05) is 23.2 Å². The second-order valence-corrected chi connectivity index (χ2v) is 6.42.